The number of hydrogen-bond donors (Lipinski definition) is 0. The van der Waals surface area contributed by atoms with Gasteiger partial charge in [0, 0.05) is 0 Å². The summed E-state index contributed by atoms with van der Waals surface area (Å²) in [5.74, 6) is 0. The van der Waals surface area contributed by atoms with Crippen LogP contribution >= 0.6 is 0 Å². The topological polar surface area (TPSA) is 0 Å². The van der Waals surface area contributed by atoms with Crippen molar-refractivity contribution in [2.75, 3.05) is 0 Å². The molecule has 0 aliphatic carbocycles. The number of aryl methyl sites for hydroxylation is 1. The van der Waals surface area contributed by atoms with Crippen molar-refractivity contribution in [1.82, 2.24) is 0 Å². The van der Waals surface area contributed by atoms with Crippen molar-refractivity contribution >= 4 is 0 Å². The molecule has 0 saturated heterocycles. The molecular weight excluding hydrogens is 180 g/mol. The second kappa shape index (κ2) is 5.34. The van der Waals surface area contributed by atoms with Gasteiger partial charge < -0.3 is 0 Å². The van der Waals surface area contributed by atoms with Crippen LogP contribution < -0.4 is 0 Å². The molecule has 0 saturated carbocycles. The molecule has 0 aliphatic heterocycles. The molecular formula is C15H24. The van der Waals surface area contributed by atoms with E-state index in [4.69, 9.17) is 0 Å². The zero-order chi connectivity index (χ0) is 11.3. The van der Waals surface area contributed by atoms with Gasteiger partial charge in [-0.3, -0.25) is 0 Å². The van der Waals surface area contributed by atoms with Crippen molar-refractivity contribution < 1.29 is 0 Å². The first-order valence-electron chi connectivity index (χ1n) is 6.13. The Morgan fingerprint density at radius 1 is 1.00 bits per heavy atom. The Balaban J connectivity index is 2.63. The van der Waals surface area contributed by atoms with Crippen LogP contribution in [0.25, 0.3) is 0 Å². The Morgan fingerprint density at radius 2 is 1.60 bits per heavy atom. The summed E-state index contributed by atoms with van der Waals surface area (Å²) >= 11 is 0. The summed E-state index contributed by atoms with van der Waals surface area (Å²) in [6.07, 6.45) is 5.31. The SMILES string of the molecule is CCCCCC(C)(C)c1ccc(C)cc1. The van der Waals surface area contributed by atoms with Gasteiger partial charge >= 0.3 is 0 Å². The molecule has 0 N–H and O–H groups in total. The van der Waals surface area contributed by atoms with Gasteiger partial charge in [0.2, 0.25) is 0 Å². The summed E-state index contributed by atoms with van der Waals surface area (Å²) in [7, 11) is 0. The first-order chi connectivity index (χ1) is 7.06. The number of benzene rings is 1. The summed E-state index contributed by atoms with van der Waals surface area (Å²) in [6.45, 7) is 9.12. The van der Waals surface area contributed by atoms with Gasteiger partial charge in [-0.25, -0.2) is 0 Å². The van der Waals surface area contributed by atoms with Gasteiger partial charge in [0.1, 0.15) is 0 Å². The van der Waals surface area contributed by atoms with Crippen LogP contribution in [-0.4, -0.2) is 0 Å². The molecule has 0 nitrogen and oxygen atoms in total. The predicted octanol–water partition coefficient (Wildman–Crippen LogP) is 4.85. The molecule has 0 heteroatoms. The molecule has 0 atom stereocenters. The Bertz CT molecular complexity index is 279. The van der Waals surface area contributed by atoms with Crippen LogP contribution in [-0.2, 0) is 5.41 Å². The first kappa shape index (κ1) is 12.3. The highest BCUT2D eigenvalue weighted by molar-refractivity contribution is 5.27. The molecule has 0 radical (unpaired) electrons. The molecule has 0 heterocycles. The molecule has 84 valence electrons. The van der Waals surface area contributed by atoms with E-state index in [1.54, 1.807) is 0 Å². The average molecular weight is 204 g/mol. The third kappa shape index (κ3) is 3.70. The lowest BCUT2D eigenvalue weighted by Crippen LogP contribution is -2.16. The van der Waals surface area contributed by atoms with E-state index in [0.717, 1.165) is 0 Å². The first-order valence-corrected chi connectivity index (χ1v) is 6.13. The standard InChI is InChI=1S/C15H24/c1-5-6-7-12-15(3,4)14-10-8-13(2)9-11-14/h8-11H,5-7,12H2,1-4H3. The van der Waals surface area contributed by atoms with Gasteiger partial charge in [0.15, 0.2) is 0 Å². The highest BCUT2D eigenvalue weighted by Crippen LogP contribution is 2.29. The van der Waals surface area contributed by atoms with Crippen LogP contribution in [0.5, 0.6) is 0 Å². The van der Waals surface area contributed by atoms with Crippen molar-refractivity contribution in [2.24, 2.45) is 0 Å². The van der Waals surface area contributed by atoms with Crippen molar-refractivity contribution in [3.05, 3.63) is 35.4 Å². The molecule has 0 aromatic heterocycles. The van der Waals surface area contributed by atoms with Gasteiger partial charge in [-0.05, 0) is 24.3 Å². The number of unbranched alkanes of at least 4 members (excludes halogenated alkanes) is 2. The monoisotopic (exact) mass is 204 g/mol. The highest BCUT2D eigenvalue weighted by atomic mass is 14.2. The van der Waals surface area contributed by atoms with Crippen molar-refractivity contribution in [2.45, 2.75) is 58.8 Å². The zero-order valence-corrected chi connectivity index (χ0v) is 10.6. The zero-order valence-electron chi connectivity index (χ0n) is 10.6. The van der Waals surface area contributed by atoms with E-state index < -0.39 is 0 Å². The minimum absolute atomic E-state index is 0.336. The number of rotatable bonds is 5. The minimum atomic E-state index is 0.336. The smallest absolute Gasteiger partial charge is 0.0104 e. The van der Waals surface area contributed by atoms with E-state index in [1.807, 2.05) is 0 Å². The maximum atomic E-state index is 2.35. The molecule has 0 spiro atoms. The molecule has 0 bridgehead atoms. The normalized spacial score (nSPS) is 11.7. The van der Waals surface area contributed by atoms with Crippen LogP contribution in [0.3, 0.4) is 0 Å². The van der Waals surface area contributed by atoms with Crippen molar-refractivity contribution in [3.63, 3.8) is 0 Å². The van der Waals surface area contributed by atoms with E-state index in [2.05, 4.69) is 52.0 Å². The second-order valence-corrected chi connectivity index (χ2v) is 5.21. The third-order valence-corrected chi connectivity index (χ3v) is 3.24. The Morgan fingerprint density at radius 3 is 2.13 bits per heavy atom. The lowest BCUT2D eigenvalue weighted by atomic mass is 9.80. The molecule has 1 aromatic carbocycles. The van der Waals surface area contributed by atoms with E-state index in [9.17, 15) is 0 Å². The van der Waals surface area contributed by atoms with E-state index >= 15 is 0 Å². The number of hydrogen-bond acceptors (Lipinski definition) is 0. The van der Waals surface area contributed by atoms with Gasteiger partial charge in [0.25, 0.3) is 0 Å². The lowest BCUT2D eigenvalue weighted by Gasteiger charge is -2.25. The maximum Gasteiger partial charge on any atom is -0.0104 e. The fourth-order valence-corrected chi connectivity index (χ4v) is 1.97. The van der Waals surface area contributed by atoms with Crippen LogP contribution in [0, 0.1) is 6.92 Å². The minimum Gasteiger partial charge on any atom is -0.0654 e. The van der Waals surface area contributed by atoms with Crippen molar-refractivity contribution in [3.8, 4) is 0 Å². The Labute approximate surface area is 94.7 Å². The van der Waals surface area contributed by atoms with E-state index in [1.165, 1.54) is 36.8 Å². The van der Waals surface area contributed by atoms with Crippen LogP contribution in [0.4, 0.5) is 0 Å². The van der Waals surface area contributed by atoms with Crippen LogP contribution in [0.2, 0.25) is 0 Å². The molecule has 0 aliphatic rings. The fraction of sp³-hybridized carbons (Fsp3) is 0.600. The Hall–Kier alpha value is -0.780. The van der Waals surface area contributed by atoms with Crippen LogP contribution in [0.15, 0.2) is 24.3 Å². The average Bonchev–Trinajstić information content (AvgIpc) is 2.18. The largest absolute Gasteiger partial charge is 0.0654 e. The Kier molecular flexibility index (Phi) is 4.38. The maximum absolute atomic E-state index is 2.35. The molecule has 1 rings (SSSR count). The highest BCUT2D eigenvalue weighted by Gasteiger charge is 2.19. The summed E-state index contributed by atoms with van der Waals surface area (Å²) in [6, 6.07) is 9.00. The van der Waals surface area contributed by atoms with Crippen LogP contribution in [0.1, 0.15) is 57.6 Å². The molecule has 0 fully saturated rings. The molecule has 0 amide bonds. The predicted molar refractivity (Wildman–Crippen MR) is 68.3 cm³/mol. The quantitative estimate of drug-likeness (QED) is 0.601. The lowest BCUT2D eigenvalue weighted by molar-refractivity contribution is 0.450. The molecule has 15 heavy (non-hydrogen) atoms. The molecule has 0 unspecified atom stereocenters. The van der Waals surface area contributed by atoms with E-state index in [-0.39, 0.29) is 0 Å². The van der Waals surface area contributed by atoms with Gasteiger partial charge in [-0.15, -0.1) is 0 Å². The summed E-state index contributed by atoms with van der Waals surface area (Å²) in [5.41, 5.74) is 3.16. The third-order valence-electron chi connectivity index (χ3n) is 3.24. The second-order valence-electron chi connectivity index (χ2n) is 5.21. The fourth-order valence-electron chi connectivity index (χ4n) is 1.97. The van der Waals surface area contributed by atoms with Gasteiger partial charge in [-0.2, -0.15) is 0 Å². The van der Waals surface area contributed by atoms with Gasteiger partial charge in [-0.1, -0.05) is 69.9 Å². The van der Waals surface area contributed by atoms with Crippen molar-refractivity contribution in [1.29, 1.82) is 0 Å². The van der Waals surface area contributed by atoms with Gasteiger partial charge in [0.05, 0.1) is 0 Å². The summed E-state index contributed by atoms with van der Waals surface area (Å²) < 4.78 is 0. The summed E-state index contributed by atoms with van der Waals surface area (Å²) in [5, 5.41) is 0. The molecule has 1 aromatic rings. The van der Waals surface area contributed by atoms with E-state index in [0.29, 0.717) is 5.41 Å². The summed E-state index contributed by atoms with van der Waals surface area (Å²) in [4.78, 5) is 0.